The second-order valence-corrected chi connectivity index (χ2v) is 5.41. The molecule has 0 aliphatic heterocycles. The summed E-state index contributed by atoms with van der Waals surface area (Å²) in [5.74, 6) is 2.86. The lowest BCUT2D eigenvalue weighted by atomic mass is 10.1. The third-order valence-corrected chi connectivity index (χ3v) is 3.84. The van der Waals surface area contributed by atoms with Gasteiger partial charge in [-0.3, -0.25) is 0 Å². The summed E-state index contributed by atoms with van der Waals surface area (Å²) >= 11 is 1.29. The summed E-state index contributed by atoms with van der Waals surface area (Å²) < 4.78 is 39.9. The van der Waals surface area contributed by atoms with Crippen LogP contribution in [0.1, 0.15) is 16.8 Å². The van der Waals surface area contributed by atoms with Crippen molar-refractivity contribution in [3.63, 3.8) is 0 Å². The van der Waals surface area contributed by atoms with Gasteiger partial charge in [0.25, 0.3) is 0 Å². The van der Waals surface area contributed by atoms with E-state index in [1.165, 1.54) is 24.0 Å². The van der Waals surface area contributed by atoms with Gasteiger partial charge in [-0.05, 0) is 17.7 Å². The normalized spacial score (nSPS) is 11.4. The Kier molecular flexibility index (Phi) is 5.16. The van der Waals surface area contributed by atoms with Gasteiger partial charge in [-0.25, -0.2) is 4.98 Å². The number of thioether (sulfide) groups is 1. The highest BCUT2D eigenvalue weighted by atomic mass is 32.2. The summed E-state index contributed by atoms with van der Waals surface area (Å²) in [4.78, 5) is 4.14. The van der Waals surface area contributed by atoms with E-state index in [1.54, 1.807) is 10.6 Å². The Morgan fingerprint density at radius 2 is 2.14 bits per heavy atom. The molecule has 1 aromatic heterocycles. The maximum Gasteiger partial charge on any atom is 0.416 e. The van der Waals surface area contributed by atoms with Crippen molar-refractivity contribution in [3.05, 3.63) is 47.3 Å². The monoisotopic (exact) mass is 326 g/mol. The lowest BCUT2D eigenvalue weighted by molar-refractivity contribution is -0.137. The van der Waals surface area contributed by atoms with Gasteiger partial charge in [0, 0.05) is 6.54 Å². The Balaban J connectivity index is 2.30. The van der Waals surface area contributed by atoms with Crippen LogP contribution in [0.2, 0.25) is 0 Å². The van der Waals surface area contributed by atoms with Crippen molar-refractivity contribution in [2.24, 2.45) is 0 Å². The molecule has 3 nitrogen and oxygen atoms in total. The SMILES string of the molecule is C#CCSc1ncc(CO)n1Cc1cccc(C(F)(F)F)c1. The highest BCUT2D eigenvalue weighted by Crippen LogP contribution is 2.30. The fraction of sp³-hybridized carbons (Fsp3) is 0.267. The Morgan fingerprint density at radius 3 is 2.77 bits per heavy atom. The average molecular weight is 326 g/mol. The number of hydrogen-bond acceptors (Lipinski definition) is 3. The lowest BCUT2D eigenvalue weighted by Gasteiger charge is -2.12. The molecule has 0 spiro atoms. The number of aliphatic hydroxyl groups excluding tert-OH is 1. The van der Waals surface area contributed by atoms with Crippen LogP contribution in [0, 0.1) is 12.3 Å². The molecule has 1 N–H and O–H groups in total. The maximum absolute atomic E-state index is 12.8. The molecule has 0 aliphatic rings. The van der Waals surface area contributed by atoms with E-state index in [2.05, 4.69) is 10.9 Å². The summed E-state index contributed by atoms with van der Waals surface area (Å²) in [6, 6.07) is 5.09. The largest absolute Gasteiger partial charge is 0.416 e. The highest BCUT2D eigenvalue weighted by molar-refractivity contribution is 7.99. The number of nitrogens with zero attached hydrogens (tertiary/aromatic N) is 2. The zero-order valence-corrected chi connectivity index (χ0v) is 12.3. The van der Waals surface area contributed by atoms with Crippen molar-refractivity contribution in [1.29, 1.82) is 0 Å². The summed E-state index contributed by atoms with van der Waals surface area (Å²) in [7, 11) is 0. The number of aromatic nitrogens is 2. The third kappa shape index (κ3) is 3.84. The Morgan fingerprint density at radius 1 is 1.36 bits per heavy atom. The molecule has 0 amide bonds. The first-order chi connectivity index (χ1) is 10.5. The summed E-state index contributed by atoms with van der Waals surface area (Å²) in [6.07, 6.45) is 2.31. The molecule has 7 heteroatoms. The van der Waals surface area contributed by atoms with Crippen LogP contribution < -0.4 is 0 Å². The Labute approximate surface area is 130 Å². The second-order valence-electron chi connectivity index (χ2n) is 4.47. The van der Waals surface area contributed by atoms with Gasteiger partial charge in [-0.1, -0.05) is 29.8 Å². The van der Waals surface area contributed by atoms with E-state index in [9.17, 15) is 18.3 Å². The highest BCUT2D eigenvalue weighted by Gasteiger charge is 2.30. The Bertz CT molecular complexity index is 689. The van der Waals surface area contributed by atoms with Gasteiger partial charge in [0.15, 0.2) is 5.16 Å². The van der Waals surface area contributed by atoms with Crippen LogP contribution in [-0.2, 0) is 19.3 Å². The topological polar surface area (TPSA) is 38.1 Å². The van der Waals surface area contributed by atoms with Gasteiger partial charge in [0.2, 0.25) is 0 Å². The smallest absolute Gasteiger partial charge is 0.390 e. The molecule has 22 heavy (non-hydrogen) atoms. The van der Waals surface area contributed by atoms with E-state index >= 15 is 0 Å². The van der Waals surface area contributed by atoms with E-state index in [0.717, 1.165) is 12.1 Å². The van der Waals surface area contributed by atoms with Gasteiger partial charge in [0.1, 0.15) is 0 Å². The van der Waals surface area contributed by atoms with Gasteiger partial charge < -0.3 is 9.67 Å². The molecule has 0 atom stereocenters. The first-order valence-corrected chi connectivity index (χ1v) is 7.32. The van der Waals surface area contributed by atoms with Crippen LogP contribution in [0.25, 0.3) is 0 Å². The van der Waals surface area contributed by atoms with Crippen LogP contribution in [0.3, 0.4) is 0 Å². The van der Waals surface area contributed by atoms with Crippen LogP contribution in [0.15, 0.2) is 35.6 Å². The van der Waals surface area contributed by atoms with E-state index in [-0.39, 0.29) is 13.2 Å². The fourth-order valence-electron chi connectivity index (χ4n) is 1.94. The molecule has 0 bridgehead atoms. The quantitative estimate of drug-likeness (QED) is 0.677. The molecule has 0 aliphatic carbocycles. The van der Waals surface area contributed by atoms with Crippen molar-refractivity contribution >= 4 is 11.8 Å². The van der Waals surface area contributed by atoms with Crippen LogP contribution >= 0.6 is 11.8 Å². The van der Waals surface area contributed by atoms with Crippen LogP contribution in [0.5, 0.6) is 0 Å². The van der Waals surface area contributed by atoms with E-state index in [4.69, 9.17) is 6.42 Å². The molecule has 2 aromatic rings. The van der Waals surface area contributed by atoms with Gasteiger partial charge in [-0.2, -0.15) is 13.2 Å². The van der Waals surface area contributed by atoms with Crippen molar-refractivity contribution in [2.45, 2.75) is 24.5 Å². The number of rotatable bonds is 5. The molecule has 0 fully saturated rings. The Hall–Kier alpha value is -1.91. The molecule has 0 saturated heterocycles. The minimum Gasteiger partial charge on any atom is -0.390 e. The number of alkyl halides is 3. The van der Waals surface area contributed by atoms with Crippen molar-refractivity contribution < 1.29 is 18.3 Å². The molecule has 0 saturated carbocycles. The predicted molar refractivity (Wildman–Crippen MR) is 78.3 cm³/mol. The summed E-state index contributed by atoms with van der Waals surface area (Å²) in [5, 5.41) is 9.90. The maximum atomic E-state index is 12.8. The number of imidazole rings is 1. The average Bonchev–Trinajstić information content (AvgIpc) is 2.86. The first kappa shape index (κ1) is 16.5. The van der Waals surface area contributed by atoms with E-state index < -0.39 is 11.7 Å². The fourth-order valence-corrected chi connectivity index (χ4v) is 2.61. The molecule has 2 rings (SSSR count). The minimum absolute atomic E-state index is 0.187. The number of hydrogen-bond donors (Lipinski definition) is 1. The van der Waals surface area contributed by atoms with Crippen LogP contribution in [-0.4, -0.2) is 20.4 Å². The van der Waals surface area contributed by atoms with Crippen LogP contribution in [0.4, 0.5) is 13.2 Å². The molecule has 1 aromatic carbocycles. The van der Waals surface area contributed by atoms with Gasteiger partial charge >= 0.3 is 6.18 Å². The van der Waals surface area contributed by atoms with Crippen molar-refractivity contribution in [1.82, 2.24) is 9.55 Å². The number of halogens is 3. The lowest BCUT2D eigenvalue weighted by Crippen LogP contribution is -2.09. The predicted octanol–water partition coefficient (Wildman–Crippen LogP) is 3.17. The van der Waals surface area contributed by atoms with Gasteiger partial charge in [0.05, 0.1) is 29.8 Å². The standard InChI is InChI=1S/C15H13F3N2OS/c1-2-6-22-14-19-8-13(10-21)20(14)9-11-4-3-5-12(7-11)15(16,17)18/h1,3-5,7-8,21H,6,9-10H2. The zero-order valence-electron chi connectivity index (χ0n) is 11.5. The van der Waals surface area contributed by atoms with Crippen molar-refractivity contribution in [3.8, 4) is 12.3 Å². The van der Waals surface area contributed by atoms with Crippen molar-refractivity contribution in [2.75, 3.05) is 5.75 Å². The number of benzene rings is 1. The van der Waals surface area contributed by atoms with Gasteiger partial charge in [-0.15, -0.1) is 6.42 Å². The number of aliphatic hydroxyl groups is 1. The third-order valence-electron chi connectivity index (χ3n) is 2.94. The zero-order chi connectivity index (χ0) is 16.2. The molecular weight excluding hydrogens is 313 g/mol. The summed E-state index contributed by atoms with van der Waals surface area (Å²) in [6.45, 7) is -0.0602. The molecular formula is C15H13F3N2OS. The molecule has 116 valence electrons. The number of terminal acetylenes is 1. The summed E-state index contributed by atoms with van der Waals surface area (Å²) in [5.41, 5.74) is 0.301. The molecule has 1 heterocycles. The molecule has 0 radical (unpaired) electrons. The van der Waals surface area contributed by atoms with E-state index in [1.807, 2.05) is 0 Å². The minimum atomic E-state index is -4.38. The molecule has 0 unspecified atom stereocenters. The first-order valence-electron chi connectivity index (χ1n) is 6.33. The second kappa shape index (κ2) is 6.90. The van der Waals surface area contributed by atoms with E-state index in [0.29, 0.717) is 22.2 Å².